The first-order chi connectivity index (χ1) is 7.00. The zero-order chi connectivity index (χ0) is 11.1. The second-order valence-corrected chi connectivity index (χ2v) is 4.94. The number of hydrogen-bond acceptors (Lipinski definition) is 4. The average Bonchev–Trinajstić information content (AvgIpc) is 2.58. The minimum absolute atomic E-state index is 0.0327. The van der Waals surface area contributed by atoms with Crippen molar-refractivity contribution in [1.82, 2.24) is 10.5 Å². The van der Waals surface area contributed by atoms with Crippen LogP contribution in [-0.2, 0) is 6.54 Å². The molecule has 1 aliphatic rings. The van der Waals surface area contributed by atoms with Gasteiger partial charge >= 0.3 is 0 Å². The molecular formula is C11H18N2O2. The Kier molecular flexibility index (Phi) is 2.56. The predicted molar refractivity (Wildman–Crippen MR) is 56.3 cm³/mol. The molecule has 0 bridgehead atoms. The summed E-state index contributed by atoms with van der Waals surface area (Å²) in [5.41, 5.74) is 0.870. The molecule has 1 saturated carbocycles. The number of aliphatic hydroxyl groups is 1. The van der Waals surface area contributed by atoms with E-state index in [9.17, 15) is 5.11 Å². The number of nitrogens with zero attached hydrogens (tertiary/aromatic N) is 1. The van der Waals surface area contributed by atoms with Crippen LogP contribution in [0.1, 0.15) is 31.7 Å². The van der Waals surface area contributed by atoms with Crippen LogP contribution in [0.4, 0.5) is 0 Å². The molecule has 2 N–H and O–H groups in total. The lowest BCUT2D eigenvalue weighted by atomic mass is 9.64. The monoisotopic (exact) mass is 210 g/mol. The van der Waals surface area contributed by atoms with Gasteiger partial charge in [-0.2, -0.15) is 0 Å². The molecule has 0 aliphatic heterocycles. The molecule has 15 heavy (non-hydrogen) atoms. The van der Waals surface area contributed by atoms with Crippen molar-refractivity contribution < 1.29 is 9.63 Å². The van der Waals surface area contributed by atoms with Crippen LogP contribution >= 0.6 is 0 Å². The van der Waals surface area contributed by atoms with E-state index in [4.69, 9.17) is 4.52 Å². The summed E-state index contributed by atoms with van der Waals surface area (Å²) in [6.45, 7) is 6.74. The zero-order valence-corrected chi connectivity index (χ0v) is 9.45. The molecule has 0 spiro atoms. The number of aliphatic hydroxyl groups excluding tert-OH is 1. The van der Waals surface area contributed by atoms with Crippen LogP contribution in [-0.4, -0.2) is 22.4 Å². The van der Waals surface area contributed by atoms with Crippen molar-refractivity contribution in [2.45, 2.75) is 45.9 Å². The maximum absolute atomic E-state index is 9.57. The highest BCUT2D eigenvalue weighted by atomic mass is 16.5. The number of hydrogen-bond donors (Lipinski definition) is 2. The fraction of sp³-hybridized carbons (Fsp3) is 0.727. The van der Waals surface area contributed by atoms with Gasteiger partial charge in [0, 0.05) is 17.5 Å². The first-order valence-corrected chi connectivity index (χ1v) is 5.34. The minimum atomic E-state index is -0.188. The molecule has 0 amide bonds. The molecule has 2 unspecified atom stereocenters. The molecule has 0 radical (unpaired) electrons. The summed E-state index contributed by atoms with van der Waals surface area (Å²) in [4.78, 5) is 0. The first-order valence-electron chi connectivity index (χ1n) is 5.34. The molecule has 0 saturated heterocycles. The molecule has 2 rings (SSSR count). The van der Waals surface area contributed by atoms with Gasteiger partial charge < -0.3 is 14.9 Å². The smallest absolute Gasteiger partial charge is 0.150 e. The van der Waals surface area contributed by atoms with Gasteiger partial charge in [-0.3, -0.25) is 0 Å². The summed E-state index contributed by atoms with van der Waals surface area (Å²) in [7, 11) is 0. The third kappa shape index (κ3) is 1.92. The second-order valence-electron chi connectivity index (χ2n) is 4.94. The minimum Gasteiger partial charge on any atom is -0.392 e. The Balaban J connectivity index is 1.85. The molecule has 1 heterocycles. The topological polar surface area (TPSA) is 58.3 Å². The number of aromatic nitrogens is 1. The Morgan fingerprint density at radius 1 is 1.67 bits per heavy atom. The van der Waals surface area contributed by atoms with E-state index in [0.717, 1.165) is 17.9 Å². The summed E-state index contributed by atoms with van der Waals surface area (Å²) in [5, 5.41) is 16.8. The highest BCUT2D eigenvalue weighted by molar-refractivity contribution is 5.06. The summed E-state index contributed by atoms with van der Waals surface area (Å²) >= 11 is 0. The van der Waals surface area contributed by atoms with E-state index in [1.165, 1.54) is 0 Å². The van der Waals surface area contributed by atoms with E-state index in [2.05, 4.69) is 24.3 Å². The van der Waals surface area contributed by atoms with Gasteiger partial charge in [0.2, 0.25) is 0 Å². The van der Waals surface area contributed by atoms with Crippen molar-refractivity contribution >= 4 is 0 Å². The van der Waals surface area contributed by atoms with Crippen LogP contribution in [0.5, 0.6) is 0 Å². The Hall–Kier alpha value is -0.870. The quantitative estimate of drug-likeness (QED) is 0.788. The molecule has 1 aromatic rings. The van der Waals surface area contributed by atoms with Crippen molar-refractivity contribution in [3.05, 3.63) is 17.5 Å². The largest absolute Gasteiger partial charge is 0.392 e. The van der Waals surface area contributed by atoms with Crippen LogP contribution in [0.3, 0.4) is 0 Å². The van der Waals surface area contributed by atoms with Gasteiger partial charge in [-0.15, -0.1) is 0 Å². The summed E-state index contributed by atoms with van der Waals surface area (Å²) in [6.07, 6.45) is 0.631. The Morgan fingerprint density at radius 2 is 2.40 bits per heavy atom. The molecule has 1 fully saturated rings. The normalized spacial score (nSPS) is 28.8. The summed E-state index contributed by atoms with van der Waals surface area (Å²) < 4.78 is 5.10. The van der Waals surface area contributed by atoms with Crippen LogP contribution in [0.25, 0.3) is 0 Å². The molecular weight excluding hydrogens is 192 g/mol. The predicted octanol–water partition coefficient (Wildman–Crippen LogP) is 1.23. The number of rotatable bonds is 3. The highest BCUT2D eigenvalue weighted by Crippen LogP contribution is 2.40. The van der Waals surface area contributed by atoms with Gasteiger partial charge in [-0.05, 0) is 13.3 Å². The zero-order valence-electron chi connectivity index (χ0n) is 9.45. The average molecular weight is 210 g/mol. The molecule has 1 aromatic heterocycles. The van der Waals surface area contributed by atoms with Gasteiger partial charge in [0.15, 0.2) is 5.76 Å². The van der Waals surface area contributed by atoms with Crippen LogP contribution in [0, 0.1) is 12.3 Å². The van der Waals surface area contributed by atoms with E-state index in [1.54, 1.807) is 0 Å². The SMILES string of the molecule is Cc1cc(CNC2CC(O)C2(C)C)on1. The molecule has 4 nitrogen and oxygen atoms in total. The maximum Gasteiger partial charge on any atom is 0.150 e. The van der Waals surface area contributed by atoms with Crippen molar-refractivity contribution in [3.8, 4) is 0 Å². The highest BCUT2D eigenvalue weighted by Gasteiger charge is 2.46. The Labute approximate surface area is 89.7 Å². The first kappa shape index (κ1) is 10.6. The molecule has 1 aliphatic carbocycles. The van der Waals surface area contributed by atoms with Crippen molar-refractivity contribution in [3.63, 3.8) is 0 Å². The molecule has 2 atom stereocenters. The summed E-state index contributed by atoms with van der Waals surface area (Å²) in [6, 6.07) is 2.28. The van der Waals surface area contributed by atoms with E-state index in [-0.39, 0.29) is 11.5 Å². The lowest BCUT2D eigenvalue weighted by molar-refractivity contribution is -0.0734. The van der Waals surface area contributed by atoms with Crippen molar-refractivity contribution in [2.24, 2.45) is 5.41 Å². The number of aryl methyl sites for hydroxylation is 1. The Bertz CT molecular complexity index is 346. The lowest BCUT2D eigenvalue weighted by Gasteiger charge is -2.49. The van der Waals surface area contributed by atoms with Crippen LogP contribution < -0.4 is 5.32 Å². The van der Waals surface area contributed by atoms with Crippen LogP contribution in [0.2, 0.25) is 0 Å². The van der Waals surface area contributed by atoms with Gasteiger partial charge in [-0.25, -0.2) is 0 Å². The molecule has 0 aromatic carbocycles. The maximum atomic E-state index is 9.57. The third-order valence-electron chi connectivity index (χ3n) is 3.42. The van der Waals surface area contributed by atoms with E-state index in [1.807, 2.05) is 13.0 Å². The van der Waals surface area contributed by atoms with Gasteiger partial charge in [0.25, 0.3) is 0 Å². The van der Waals surface area contributed by atoms with Gasteiger partial charge in [-0.1, -0.05) is 19.0 Å². The fourth-order valence-corrected chi connectivity index (χ4v) is 1.97. The van der Waals surface area contributed by atoms with Crippen molar-refractivity contribution in [1.29, 1.82) is 0 Å². The Morgan fingerprint density at radius 3 is 2.87 bits per heavy atom. The molecule has 84 valence electrons. The van der Waals surface area contributed by atoms with Gasteiger partial charge in [0.05, 0.1) is 18.3 Å². The van der Waals surface area contributed by atoms with Crippen molar-refractivity contribution in [2.75, 3.05) is 0 Å². The van der Waals surface area contributed by atoms with E-state index in [0.29, 0.717) is 12.6 Å². The number of nitrogens with one attached hydrogen (secondary N) is 1. The van der Waals surface area contributed by atoms with Gasteiger partial charge in [0.1, 0.15) is 0 Å². The van der Waals surface area contributed by atoms with Crippen LogP contribution in [0.15, 0.2) is 10.6 Å². The molecule has 4 heteroatoms. The second kappa shape index (κ2) is 3.61. The van der Waals surface area contributed by atoms with E-state index >= 15 is 0 Å². The lowest BCUT2D eigenvalue weighted by Crippen LogP contribution is -2.59. The van der Waals surface area contributed by atoms with E-state index < -0.39 is 0 Å². The summed E-state index contributed by atoms with van der Waals surface area (Å²) in [5.74, 6) is 0.852. The standard InChI is InChI=1S/C11H18N2O2/c1-7-4-8(15-13-7)6-12-9-5-10(14)11(9,2)3/h4,9-10,12,14H,5-6H2,1-3H3. The fourth-order valence-electron chi connectivity index (χ4n) is 1.97. The third-order valence-corrected chi connectivity index (χ3v) is 3.42.